The van der Waals surface area contributed by atoms with E-state index < -0.39 is 10.8 Å². The Labute approximate surface area is 125 Å². The molecule has 2 atom stereocenters. The zero-order chi connectivity index (χ0) is 14.4. The maximum Gasteiger partial charge on any atom is 0.0800 e. The Morgan fingerprint density at radius 3 is 2.60 bits per heavy atom. The first-order valence-corrected chi connectivity index (χ1v) is 9.06. The summed E-state index contributed by atoms with van der Waals surface area (Å²) in [5, 5.41) is 0. The van der Waals surface area contributed by atoms with Gasteiger partial charge in [0.15, 0.2) is 0 Å². The number of ether oxygens (including phenoxy) is 1. The molecule has 2 rings (SSSR count). The molecule has 20 heavy (non-hydrogen) atoms. The fourth-order valence-electron chi connectivity index (χ4n) is 2.80. The molecule has 112 valence electrons. The molecule has 0 bridgehead atoms. The number of rotatable bonds is 6. The number of benzene rings is 1. The van der Waals surface area contributed by atoms with Crippen LogP contribution in [0.5, 0.6) is 0 Å². The number of hydrogen-bond donors (Lipinski definition) is 0. The third kappa shape index (κ3) is 4.16. The molecular weight excluding hydrogens is 268 g/mol. The van der Waals surface area contributed by atoms with Gasteiger partial charge in [0.2, 0.25) is 0 Å². The van der Waals surface area contributed by atoms with Crippen LogP contribution >= 0.6 is 0 Å². The Morgan fingerprint density at radius 1 is 1.25 bits per heavy atom. The molecule has 0 saturated carbocycles. The molecule has 0 aromatic heterocycles. The fourth-order valence-corrected chi connectivity index (χ4v) is 4.26. The van der Waals surface area contributed by atoms with Gasteiger partial charge in [-0.25, -0.2) is 0 Å². The number of hydrogen-bond acceptors (Lipinski definition) is 2. The van der Waals surface area contributed by atoms with E-state index >= 15 is 0 Å². The van der Waals surface area contributed by atoms with E-state index in [2.05, 4.69) is 13.8 Å². The molecule has 1 aromatic rings. The van der Waals surface area contributed by atoms with Crippen LogP contribution in [0.4, 0.5) is 0 Å². The van der Waals surface area contributed by atoms with Gasteiger partial charge in [-0.2, -0.15) is 0 Å². The lowest BCUT2D eigenvalue weighted by Gasteiger charge is -2.37. The molecule has 0 radical (unpaired) electrons. The molecule has 0 spiro atoms. The molecule has 1 saturated heterocycles. The van der Waals surface area contributed by atoms with Gasteiger partial charge in [-0.15, -0.1) is 0 Å². The molecule has 0 unspecified atom stereocenters. The molecular formula is C17H26O2S. The normalized spacial score (nSPS) is 24.5. The number of unbranched alkanes of at least 4 members (excludes halogenated alkanes) is 1. The van der Waals surface area contributed by atoms with Crippen LogP contribution in [0.25, 0.3) is 0 Å². The zero-order valence-corrected chi connectivity index (χ0v) is 13.5. The molecule has 1 aliphatic rings. The minimum Gasteiger partial charge on any atom is -0.374 e. The second-order valence-electron chi connectivity index (χ2n) is 5.90. The van der Waals surface area contributed by atoms with Crippen LogP contribution < -0.4 is 0 Å². The first kappa shape index (κ1) is 15.7. The van der Waals surface area contributed by atoms with Crippen LogP contribution in [-0.2, 0) is 15.5 Å². The van der Waals surface area contributed by atoms with E-state index in [1.165, 1.54) is 18.4 Å². The summed E-state index contributed by atoms with van der Waals surface area (Å²) in [6.45, 7) is 5.09. The highest BCUT2D eigenvalue weighted by Gasteiger charge is 2.34. The second kappa shape index (κ2) is 7.37. The van der Waals surface area contributed by atoms with Gasteiger partial charge in [-0.3, -0.25) is 4.21 Å². The molecule has 1 fully saturated rings. The Morgan fingerprint density at radius 2 is 2.00 bits per heavy atom. The van der Waals surface area contributed by atoms with E-state index in [4.69, 9.17) is 4.74 Å². The summed E-state index contributed by atoms with van der Waals surface area (Å²) in [5.74, 6) is 0.649. The Hall–Kier alpha value is -0.670. The van der Waals surface area contributed by atoms with Crippen molar-refractivity contribution >= 4 is 10.8 Å². The third-order valence-corrected chi connectivity index (χ3v) is 5.69. The monoisotopic (exact) mass is 294 g/mol. The Balaban J connectivity index is 2.06. The first-order valence-electron chi connectivity index (χ1n) is 7.74. The lowest BCUT2D eigenvalue weighted by Crippen LogP contribution is -2.41. The molecule has 1 aromatic carbocycles. The van der Waals surface area contributed by atoms with Crippen molar-refractivity contribution < 1.29 is 8.95 Å². The van der Waals surface area contributed by atoms with E-state index in [1.54, 1.807) is 0 Å². The van der Waals surface area contributed by atoms with Crippen molar-refractivity contribution in [2.24, 2.45) is 0 Å². The van der Waals surface area contributed by atoms with Crippen LogP contribution in [0.1, 0.15) is 51.0 Å². The van der Waals surface area contributed by atoms with Gasteiger partial charge in [0.05, 0.1) is 22.2 Å². The molecule has 0 N–H and O–H groups in total. The quantitative estimate of drug-likeness (QED) is 0.784. The van der Waals surface area contributed by atoms with Crippen molar-refractivity contribution in [2.45, 2.75) is 62.9 Å². The van der Waals surface area contributed by atoms with Gasteiger partial charge < -0.3 is 4.74 Å². The van der Waals surface area contributed by atoms with Gasteiger partial charge in [-0.1, -0.05) is 37.5 Å². The van der Waals surface area contributed by atoms with Crippen molar-refractivity contribution in [3.05, 3.63) is 29.8 Å². The summed E-state index contributed by atoms with van der Waals surface area (Å²) in [6, 6.07) is 8.05. The van der Waals surface area contributed by atoms with Gasteiger partial charge >= 0.3 is 0 Å². The van der Waals surface area contributed by atoms with Crippen molar-refractivity contribution in [2.75, 3.05) is 12.4 Å². The topological polar surface area (TPSA) is 26.3 Å². The van der Waals surface area contributed by atoms with Crippen LogP contribution in [0.15, 0.2) is 29.2 Å². The van der Waals surface area contributed by atoms with E-state index in [-0.39, 0.29) is 5.60 Å². The molecule has 0 amide bonds. The average Bonchev–Trinajstić information content (AvgIpc) is 2.47. The standard InChI is InChI=1S/C17H26O2S/c1-3-4-11-17(12-5-6-13-19-17)14-20(18)16-9-7-15(2)8-10-16/h7-10H,3-6,11-14H2,1-2H3/t17-,20-/m1/s1. The molecule has 1 aliphatic heterocycles. The summed E-state index contributed by atoms with van der Waals surface area (Å²) >= 11 is 0. The summed E-state index contributed by atoms with van der Waals surface area (Å²) in [5.41, 5.74) is 1.06. The lowest BCUT2D eigenvalue weighted by molar-refractivity contribution is -0.0680. The smallest absolute Gasteiger partial charge is 0.0800 e. The van der Waals surface area contributed by atoms with Crippen molar-refractivity contribution in [3.8, 4) is 0 Å². The van der Waals surface area contributed by atoms with E-state index in [0.717, 1.165) is 37.2 Å². The Bertz CT molecular complexity index is 433. The van der Waals surface area contributed by atoms with Gasteiger partial charge in [-0.05, 0) is 44.7 Å². The molecule has 1 heterocycles. The highest BCUT2D eigenvalue weighted by molar-refractivity contribution is 7.85. The predicted molar refractivity (Wildman–Crippen MR) is 84.5 cm³/mol. The van der Waals surface area contributed by atoms with E-state index in [0.29, 0.717) is 5.75 Å². The Kier molecular flexibility index (Phi) is 5.79. The summed E-state index contributed by atoms with van der Waals surface area (Å²) in [7, 11) is -0.957. The highest BCUT2D eigenvalue weighted by atomic mass is 32.2. The lowest BCUT2D eigenvalue weighted by atomic mass is 9.90. The fraction of sp³-hybridized carbons (Fsp3) is 0.647. The van der Waals surface area contributed by atoms with Crippen molar-refractivity contribution in [1.29, 1.82) is 0 Å². The van der Waals surface area contributed by atoms with Crippen LogP contribution in [0.2, 0.25) is 0 Å². The maximum atomic E-state index is 12.6. The van der Waals surface area contributed by atoms with Crippen molar-refractivity contribution in [1.82, 2.24) is 0 Å². The van der Waals surface area contributed by atoms with Crippen LogP contribution in [0.3, 0.4) is 0 Å². The predicted octanol–water partition coefficient (Wildman–Crippen LogP) is 4.23. The summed E-state index contributed by atoms with van der Waals surface area (Å²) in [6.07, 6.45) is 6.78. The average molecular weight is 294 g/mol. The largest absolute Gasteiger partial charge is 0.374 e. The first-order chi connectivity index (χ1) is 9.65. The van der Waals surface area contributed by atoms with Crippen LogP contribution in [-0.4, -0.2) is 22.2 Å². The summed E-state index contributed by atoms with van der Waals surface area (Å²) in [4.78, 5) is 0.931. The van der Waals surface area contributed by atoms with E-state index in [1.807, 2.05) is 24.3 Å². The molecule has 0 aliphatic carbocycles. The maximum absolute atomic E-state index is 12.6. The molecule has 2 nitrogen and oxygen atoms in total. The highest BCUT2D eigenvalue weighted by Crippen LogP contribution is 2.32. The second-order valence-corrected chi connectivity index (χ2v) is 7.35. The van der Waals surface area contributed by atoms with E-state index in [9.17, 15) is 4.21 Å². The SMILES string of the molecule is CCCC[C@]1(C[S@@](=O)c2ccc(C)cc2)CCCCO1. The van der Waals surface area contributed by atoms with Crippen LogP contribution in [0, 0.1) is 6.92 Å². The molecule has 3 heteroatoms. The minimum absolute atomic E-state index is 0.149. The zero-order valence-electron chi connectivity index (χ0n) is 12.7. The third-order valence-electron chi connectivity index (χ3n) is 4.10. The van der Waals surface area contributed by atoms with Gasteiger partial charge in [0.25, 0.3) is 0 Å². The minimum atomic E-state index is -0.957. The number of aryl methyl sites for hydroxylation is 1. The van der Waals surface area contributed by atoms with Gasteiger partial charge in [0, 0.05) is 11.5 Å². The summed E-state index contributed by atoms with van der Waals surface area (Å²) < 4.78 is 18.7. The van der Waals surface area contributed by atoms with Crippen molar-refractivity contribution in [3.63, 3.8) is 0 Å². The van der Waals surface area contributed by atoms with Gasteiger partial charge in [0.1, 0.15) is 0 Å².